The number of carboxylic acids is 1. The van der Waals surface area contributed by atoms with Gasteiger partial charge in [-0.05, 0) is 19.3 Å². The summed E-state index contributed by atoms with van der Waals surface area (Å²) >= 11 is 0. The van der Waals surface area contributed by atoms with Crippen LogP contribution in [0, 0.1) is 5.92 Å². The molecule has 0 radical (unpaired) electrons. The van der Waals surface area contributed by atoms with Gasteiger partial charge >= 0.3 is 29.8 Å². The van der Waals surface area contributed by atoms with Crippen LogP contribution in [0.2, 0.25) is 0 Å². The molecule has 4 atom stereocenters. The fourth-order valence-corrected chi connectivity index (χ4v) is 1.98. The van der Waals surface area contributed by atoms with Gasteiger partial charge in [0.25, 0.3) is 0 Å². The van der Waals surface area contributed by atoms with E-state index in [2.05, 4.69) is 9.47 Å². The Hall–Kier alpha value is -3.43. The van der Waals surface area contributed by atoms with Gasteiger partial charge in [0.05, 0.1) is 0 Å². The largest absolute Gasteiger partial charge is 0.481 e. The highest BCUT2D eigenvalue weighted by molar-refractivity contribution is 6.00. The molecule has 0 aliphatic rings. The number of primary amides is 2. The van der Waals surface area contributed by atoms with Crippen LogP contribution in [0.25, 0.3) is 0 Å². The van der Waals surface area contributed by atoms with Gasteiger partial charge in [-0.3, -0.25) is 19.2 Å². The Morgan fingerprint density at radius 2 is 1.00 bits per heavy atom. The maximum atomic E-state index is 12.0. The Kier molecular flexibility index (Phi) is 11.6. The summed E-state index contributed by atoms with van der Waals surface area (Å²) < 4.78 is 8.73. The smallest absolute Gasteiger partial charge is 0.330 e. The monoisotopic (exact) mass is 447 g/mol. The van der Waals surface area contributed by atoms with E-state index in [1.54, 1.807) is 0 Å². The Morgan fingerprint density at radius 3 is 1.35 bits per heavy atom. The summed E-state index contributed by atoms with van der Waals surface area (Å²) in [6.45, 7) is 0. The lowest BCUT2D eigenvalue weighted by atomic mass is 10.0. The van der Waals surface area contributed by atoms with E-state index in [-0.39, 0.29) is 25.7 Å². The average Bonchev–Trinajstić information content (AvgIpc) is 2.67. The number of carbonyl (C=O) groups is 7. The van der Waals surface area contributed by atoms with E-state index in [4.69, 9.17) is 33.8 Å². The molecular weight excluding hydrogens is 422 g/mol. The molecule has 0 rings (SSSR count). The van der Waals surface area contributed by atoms with Crippen molar-refractivity contribution in [3.8, 4) is 0 Å². The van der Waals surface area contributed by atoms with Gasteiger partial charge in [0.15, 0.2) is 5.92 Å². The van der Waals surface area contributed by atoms with E-state index < -0.39 is 72.1 Å². The van der Waals surface area contributed by atoms with Gasteiger partial charge < -0.3 is 43.2 Å². The van der Waals surface area contributed by atoms with Crippen LogP contribution in [-0.4, -0.2) is 64.9 Å². The van der Waals surface area contributed by atoms with E-state index in [1.807, 2.05) is 0 Å². The van der Waals surface area contributed by atoms with Crippen LogP contribution in [-0.2, 0) is 43.0 Å². The summed E-state index contributed by atoms with van der Waals surface area (Å²) in [5, 5.41) is 9.15. The second-order valence-corrected chi connectivity index (χ2v) is 6.44. The highest BCUT2D eigenvalue weighted by atomic mass is 16.6. The van der Waals surface area contributed by atoms with Crippen molar-refractivity contribution >= 4 is 41.7 Å². The second kappa shape index (κ2) is 13.0. The van der Waals surface area contributed by atoms with Crippen LogP contribution in [0.3, 0.4) is 0 Å². The molecule has 174 valence electrons. The molecule has 1 unspecified atom stereocenters. The molecule has 0 saturated carbocycles. The third-order valence-corrected chi connectivity index (χ3v) is 3.79. The van der Waals surface area contributed by atoms with Crippen LogP contribution in [0.5, 0.6) is 0 Å². The van der Waals surface area contributed by atoms with Crippen molar-refractivity contribution in [2.45, 2.75) is 50.2 Å². The molecule has 0 spiro atoms. The molecule has 0 aromatic heterocycles. The predicted octanol–water partition coefficient (Wildman–Crippen LogP) is -4.27. The summed E-state index contributed by atoms with van der Waals surface area (Å²) in [7, 11) is 0. The lowest BCUT2D eigenvalue weighted by Crippen LogP contribution is -2.43. The lowest BCUT2D eigenvalue weighted by molar-refractivity contribution is -0.167. The van der Waals surface area contributed by atoms with Crippen LogP contribution in [0.15, 0.2) is 0 Å². The molecule has 0 bridgehead atoms. The van der Waals surface area contributed by atoms with E-state index in [0.29, 0.717) is 0 Å². The summed E-state index contributed by atoms with van der Waals surface area (Å²) in [6.07, 6.45) is -1.87. The summed E-state index contributed by atoms with van der Waals surface area (Å²) in [4.78, 5) is 79.9. The van der Waals surface area contributed by atoms with E-state index in [0.717, 1.165) is 0 Å². The zero-order valence-electron chi connectivity index (χ0n) is 16.4. The number of amides is 2. The van der Waals surface area contributed by atoms with E-state index >= 15 is 0 Å². The first-order valence-corrected chi connectivity index (χ1v) is 8.83. The first-order valence-electron chi connectivity index (χ1n) is 8.83. The predicted molar refractivity (Wildman–Crippen MR) is 98.7 cm³/mol. The van der Waals surface area contributed by atoms with Crippen LogP contribution in [0.1, 0.15) is 32.1 Å². The SMILES string of the molecule is NC(=O)CC[C@H](N)C(=O)OC(=O)C(C[C@H](N)C(=O)OC(=O)[C@@H](N)CCC(N)=O)C(=O)O. The van der Waals surface area contributed by atoms with Crippen molar-refractivity contribution in [3.63, 3.8) is 0 Å². The molecule has 2 amide bonds. The molecule has 15 nitrogen and oxygen atoms in total. The highest BCUT2D eigenvalue weighted by Gasteiger charge is 2.36. The minimum absolute atomic E-state index is 0.209. The molecule has 0 aromatic carbocycles. The molecule has 15 heteroatoms. The topological polar surface area (TPSA) is 288 Å². The molecule has 0 aromatic rings. The minimum Gasteiger partial charge on any atom is -0.481 e. The maximum Gasteiger partial charge on any atom is 0.330 e. The lowest BCUT2D eigenvalue weighted by Gasteiger charge is -2.17. The molecule has 0 heterocycles. The highest BCUT2D eigenvalue weighted by Crippen LogP contribution is 2.12. The Labute approximate surface area is 175 Å². The number of hydrogen-bond acceptors (Lipinski definition) is 12. The number of rotatable bonds is 13. The van der Waals surface area contributed by atoms with Crippen molar-refractivity contribution in [2.24, 2.45) is 34.6 Å². The van der Waals surface area contributed by atoms with Crippen LogP contribution < -0.4 is 28.7 Å². The molecule has 0 fully saturated rings. The van der Waals surface area contributed by atoms with Crippen LogP contribution in [0.4, 0.5) is 0 Å². The maximum absolute atomic E-state index is 12.0. The number of hydrogen-bond donors (Lipinski definition) is 6. The normalized spacial score (nSPS) is 14.4. The second-order valence-electron chi connectivity index (χ2n) is 6.44. The summed E-state index contributed by atoms with van der Waals surface area (Å²) in [5.74, 6) is -10.9. The number of aliphatic carboxylic acids is 1. The standard InChI is InChI=1S/C16H25N5O10/c17-7(1-3-10(20)22)14(27)30-13(26)6(12(24)25)5-9(19)16(29)31-15(28)8(18)2-4-11(21)23/h6-9H,1-5,17-19H2,(H2,20,22)(H2,21,23)(H,24,25)/t6?,7-,8-,9-/m0/s1. The van der Waals surface area contributed by atoms with Crippen LogP contribution >= 0.6 is 0 Å². The van der Waals surface area contributed by atoms with Gasteiger partial charge in [0, 0.05) is 12.8 Å². The Balaban J connectivity index is 4.88. The van der Waals surface area contributed by atoms with Gasteiger partial charge in [0.1, 0.15) is 18.1 Å². The number of carboxylic acid groups (broad SMARTS) is 1. The first-order chi connectivity index (χ1) is 14.3. The quantitative estimate of drug-likeness (QED) is 0.115. The fraction of sp³-hybridized carbons (Fsp3) is 0.562. The summed E-state index contributed by atoms with van der Waals surface area (Å²) in [5.41, 5.74) is 26.1. The van der Waals surface area contributed by atoms with Crippen molar-refractivity contribution in [3.05, 3.63) is 0 Å². The first kappa shape index (κ1) is 27.6. The zero-order valence-corrected chi connectivity index (χ0v) is 16.4. The number of carbonyl (C=O) groups excluding carboxylic acids is 6. The van der Waals surface area contributed by atoms with Crippen molar-refractivity contribution in [1.82, 2.24) is 0 Å². The zero-order chi connectivity index (χ0) is 24.3. The molecule has 0 aliphatic heterocycles. The molecular formula is C16H25N5O10. The third-order valence-electron chi connectivity index (χ3n) is 3.79. The fourth-order valence-electron chi connectivity index (χ4n) is 1.98. The van der Waals surface area contributed by atoms with Crippen molar-refractivity contribution in [2.75, 3.05) is 0 Å². The number of ether oxygens (including phenoxy) is 2. The molecule has 31 heavy (non-hydrogen) atoms. The molecule has 0 aliphatic carbocycles. The van der Waals surface area contributed by atoms with Gasteiger partial charge in [-0.15, -0.1) is 0 Å². The molecule has 0 saturated heterocycles. The number of nitrogens with two attached hydrogens (primary N) is 5. The van der Waals surface area contributed by atoms with Gasteiger partial charge in [-0.1, -0.05) is 0 Å². The minimum atomic E-state index is -2.08. The third kappa shape index (κ3) is 10.8. The average molecular weight is 447 g/mol. The van der Waals surface area contributed by atoms with Gasteiger partial charge in [-0.25, -0.2) is 14.4 Å². The van der Waals surface area contributed by atoms with Gasteiger partial charge in [-0.2, -0.15) is 0 Å². The van der Waals surface area contributed by atoms with E-state index in [9.17, 15) is 33.6 Å². The van der Waals surface area contributed by atoms with E-state index in [1.165, 1.54) is 0 Å². The Bertz CT molecular complexity index is 740. The molecule has 11 N–H and O–H groups in total. The van der Waals surface area contributed by atoms with Gasteiger partial charge in [0.2, 0.25) is 11.8 Å². The Morgan fingerprint density at radius 1 is 0.645 bits per heavy atom. The summed E-state index contributed by atoms with van der Waals surface area (Å²) in [6, 6.07) is -4.58. The number of esters is 4. The van der Waals surface area contributed by atoms with Crippen molar-refractivity contribution in [1.29, 1.82) is 0 Å². The van der Waals surface area contributed by atoms with Crippen molar-refractivity contribution < 1.29 is 48.1 Å².